The molecule has 2 heteroatoms. The van der Waals surface area contributed by atoms with Crippen molar-refractivity contribution < 1.29 is 0 Å². The van der Waals surface area contributed by atoms with Crippen LogP contribution in [0.3, 0.4) is 0 Å². The van der Waals surface area contributed by atoms with Gasteiger partial charge in [-0.05, 0) is 30.5 Å². The minimum atomic E-state index is 0.547. The van der Waals surface area contributed by atoms with Gasteiger partial charge in [-0.2, -0.15) is 0 Å². The molecule has 1 aromatic rings. The second-order valence-corrected chi connectivity index (χ2v) is 4.48. The molecule has 0 saturated heterocycles. The van der Waals surface area contributed by atoms with Crippen molar-refractivity contribution >= 4 is 11.6 Å². The Labute approximate surface area is 91.5 Å². The lowest BCUT2D eigenvalue weighted by Gasteiger charge is -2.17. The fourth-order valence-electron chi connectivity index (χ4n) is 1.12. The van der Waals surface area contributed by atoms with Gasteiger partial charge < -0.3 is 5.32 Å². The Morgan fingerprint density at radius 2 is 1.71 bits per heavy atom. The van der Waals surface area contributed by atoms with Crippen molar-refractivity contribution in [3.8, 4) is 0 Å². The van der Waals surface area contributed by atoms with Crippen LogP contribution in [0.4, 0.5) is 0 Å². The van der Waals surface area contributed by atoms with Gasteiger partial charge in [0, 0.05) is 17.6 Å². The summed E-state index contributed by atoms with van der Waals surface area (Å²) in [6, 6.07) is 8.52. The van der Waals surface area contributed by atoms with Crippen molar-refractivity contribution in [1.82, 2.24) is 5.32 Å². The normalized spacial score (nSPS) is 13.2. The van der Waals surface area contributed by atoms with Gasteiger partial charge in [0.2, 0.25) is 0 Å². The fraction of sp³-hybridized carbons (Fsp3) is 0.500. The molecule has 0 saturated carbocycles. The van der Waals surface area contributed by atoms with E-state index in [1.54, 1.807) is 0 Å². The number of hydrogen-bond acceptors (Lipinski definition) is 1. The van der Waals surface area contributed by atoms with E-state index in [9.17, 15) is 0 Å². The van der Waals surface area contributed by atoms with Crippen LogP contribution in [0, 0.1) is 5.92 Å². The molecule has 1 N–H and O–H groups in total. The first-order chi connectivity index (χ1) is 6.59. The third-order valence-corrected chi connectivity index (χ3v) is 2.79. The summed E-state index contributed by atoms with van der Waals surface area (Å²) in [6.45, 7) is 7.57. The zero-order valence-corrected chi connectivity index (χ0v) is 9.81. The molecule has 0 radical (unpaired) electrons. The Morgan fingerprint density at radius 3 is 2.21 bits per heavy atom. The van der Waals surface area contributed by atoms with E-state index in [1.807, 2.05) is 12.1 Å². The molecule has 0 heterocycles. The number of rotatable bonds is 4. The molecule has 0 aliphatic rings. The van der Waals surface area contributed by atoms with Gasteiger partial charge in [0.1, 0.15) is 0 Å². The monoisotopic (exact) mass is 211 g/mol. The van der Waals surface area contributed by atoms with Crippen molar-refractivity contribution in [2.24, 2.45) is 5.92 Å². The van der Waals surface area contributed by atoms with Gasteiger partial charge in [0.05, 0.1) is 0 Å². The quantitative estimate of drug-likeness (QED) is 0.804. The standard InChI is InChI=1S/C12H18ClN/c1-9(2)10(3)14-8-11-4-6-12(13)7-5-11/h4-7,9-10,14H,8H2,1-3H3/t10-/m0/s1. The minimum Gasteiger partial charge on any atom is -0.310 e. The first kappa shape index (κ1) is 11.5. The highest BCUT2D eigenvalue weighted by Gasteiger charge is 2.05. The van der Waals surface area contributed by atoms with E-state index in [1.165, 1.54) is 5.56 Å². The first-order valence-electron chi connectivity index (χ1n) is 5.07. The molecule has 0 aliphatic heterocycles. The first-order valence-corrected chi connectivity index (χ1v) is 5.45. The van der Waals surface area contributed by atoms with Crippen molar-refractivity contribution in [3.63, 3.8) is 0 Å². The Hall–Kier alpha value is -0.530. The van der Waals surface area contributed by atoms with Crippen LogP contribution in [-0.2, 0) is 6.54 Å². The van der Waals surface area contributed by atoms with Crippen molar-refractivity contribution in [1.29, 1.82) is 0 Å². The van der Waals surface area contributed by atoms with Crippen LogP contribution in [0.25, 0.3) is 0 Å². The number of hydrogen-bond donors (Lipinski definition) is 1. The summed E-state index contributed by atoms with van der Waals surface area (Å²) in [5.74, 6) is 0.669. The summed E-state index contributed by atoms with van der Waals surface area (Å²) in [5, 5.41) is 4.27. The molecule has 0 spiro atoms. The number of halogens is 1. The maximum atomic E-state index is 5.80. The predicted octanol–water partition coefficient (Wildman–Crippen LogP) is 3.47. The lowest BCUT2D eigenvalue weighted by atomic mass is 10.1. The summed E-state index contributed by atoms with van der Waals surface area (Å²) >= 11 is 5.80. The van der Waals surface area contributed by atoms with E-state index in [-0.39, 0.29) is 0 Å². The van der Waals surface area contributed by atoms with E-state index < -0.39 is 0 Å². The molecular weight excluding hydrogens is 194 g/mol. The SMILES string of the molecule is CC(C)[C@H](C)NCc1ccc(Cl)cc1. The molecular formula is C12H18ClN. The van der Waals surface area contributed by atoms with E-state index in [0.717, 1.165) is 11.6 Å². The molecule has 0 unspecified atom stereocenters. The maximum absolute atomic E-state index is 5.80. The van der Waals surface area contributed by atoms with Gasteiger partial charge in [-0.3, -0.25) is 0 Å². The van der Waals surface area contributed by atoms with E-state index in [2.05, 4.69) is 38.2 Å². The topological polar surface area (TPSA) is 12.0 Å². The van der Waals surface area contributed by atoms with E-state index in [0.29, 0.717) is 12.0 Å². The minimum absolute atomic E-state index is 0.547. The highest BCUT2D eigenvalue weighted by Crippen LogP contribution is 2.10. The third-order valence-electron chi connectivity index (χ3n) is 2.54. The summed E-state index contributed by atoms with van der Waals surface area (Å²) in [5.41, 5.74) is 1.28. The van der Waals surface area contributed by atoms with Crippen LogP contribution in [0.5, 0.6) is 0 Å². The van der Waals surface area contributed by atoms with Gasteiger partial charge in [0.25, 0.3) is 0 Å². The van der Waals surface area contributed by atoms with Crippen LogP contribution in [0.1, 0.15) is 26.3 Å². The average molecular weight is 212 g/mol. The Kier molecular flexibility index (Phi) is 4.43. The lowest BCUT2D eigenvalue weighted by molar-refractivity contribution is 0.426. The molecule has 0 aromatic heterocycles. The zero-order valence-electron chi connectivity index (χ0n) is 9.05. The fourth-order valence-corrected chi connectivity index (χ4v) is 1.24. The smallest absolute Gasteiger partial charge is 0.0406 e. The predicted molar refractivity (Wildman–Crippen MR) is 62.6 cm³/mol. The summed E-state index contributed by atoms with van der Waals surface area (Å²) in [6.07, 6.45) is 0. The highest BCUT2D eigenvalue weighted by molar-refractivity contribution is 6.30. The van der Waals surface area contributed by atoms with Gasteiger partial charge in [0.15, 0.2) is 0 Å². The highest BCUT2D eigenvalue weighted by atomic mass is 35.5. The molecule has 78 valence electrons. The summed E-state index contributed by atoms with van der Waals surface area (Å²) in [7, 11) is 0. The van der Waals surface area contributed by atoms with Crippen LogP contribution >= 0.6 is 11.6 Å². The molecule has 0 bridgehead atoms. The van der Waals surface area contributed by atoms with Crippen molar-refractivity contribution in [2.45, 2.75) is 33.4 Å². The van der Waals surface area contributed by atoms with Crippen LogP contribution < -0.4 is 5.32 Å². The Morgan fingerprint density at radius 1 is 1.14 bits per heavy atom. The van der Waals surface area contributed by atoms with Gasteiger partial charge in [-0.1, -0.05) is 37.6 Å². The summed E-state index contributed by atoms with van der Waals surface area (Å²) < 4.78 is 0. The molecule has 1 aromatic carbocycles. The van der Waals surface area contributed by atoms with Crippen molar-refractivity contribution in [3.05, 3.63) is 34.9 Å². The lowest BCUT2D eigenvalue weighted by Crippen LogP contribution is -2.30. The van der Waals surface area contributed by atoms with E-state index >= 15 is 0 Å². The zero-order chi connectivity index (χ0) is 10.6. The third kappa shape index (κ3) is 3.69. The molecule has 1 rings (SSSR count). The number of benzene rings is 1. The number of nitrogens with one attached hydrogen (secondary N) is 1. The molecule has 1 atom stereocenters. The van der Waals surface area contributed by atoms with Crippen LogP contribution in [0.2, 0.25) is 5.02 Å². The molecule has 14 heavy (non-hydrogen) atoms. The second-order valence-electron chi connectivity index (χ2n) is 4.04. The Bertz CT molecular complexity index is 266. The molecule has 1 nitrogen and oxygen atoms in total. The second kappa shape index (κ2) is 5.38. The van der Waals surface area contributed by atoms with Gasteiger partial charge in [-0.25, -0.2) is 0 Å². The largest absolute Gasteiger partial charge is 0.310 e. The average Bonchev–Trinajstić information content (AvgIpc) is 2.16. The molecule has 0 aliphatic carbocycles. The molecule has 0 amide bonds. The van der Waals surface area contributed by atoms with Crippen molar-refractivity contribution in [2.75, 3.05) is 0 Å². The maximum Gasteiger partial charge on any atom is 0.0406 e. The van der Waals surface area contributed by atoms with E-state index in [4.69, 9.17) is 11.6 Å². The molecule has 0 fully saturated rings. The van der Waals surface area contributed by atoms with Crippen LogP contribution in [-0.4, -0.2) is 6.04 Å². The van der Waals surface area contributed by atoms with Gasteiger partial charge >= 0.3 is 0 Å². The van der Waals surface area contributed by atoms with Crippen LogP contribution in [0.15, 0.2) is 24.3 Å². The van der Waals surface area contributed by atoms with Gasteiger partial charge in [-0.15, -0.1) is 0 Å². The summed E-state index contributed by atoms with van der Waals surface area (Å²) in [4.78, 5) is 0. The Balaban J connectivity index is 2.42.